The molecule has 3 nitrogen and oxygen atoms in total. The second-order valence-corrected chi connectivity index (χ2v) is 5.29. The fourth-order valence-corrected chi connectivity index (χ4v) is 1.65. The van der Waals surface area contributed by atoms with Crippen LogP contribution in [0, 0.1) is 5.92 Å². The van der Waals surface area contributed by atoms with E-state index in [0.29, 0.717) is 12.5 Å². The zero-order chi connectivity index (χ0) is 13.9. The van der Waals surface area contributed by atoms with Gasteiger partial charge in [-0.05, 0) is 37.3 Å². The van der Waals surface area contributed by atoms with E-state index < -0.39 is 0 Å². The molecule has 0 aliphatic rings. The van der Waals surface area contributed by atoms with E-state index in [1.807, 2.05) is 30.3 Å². The molecular weight excluding hydrogens is 238 g/mol. The lowest BCUT2D eigenvalue weighted by molar-refractivity contribution is 0.115. The molecule has 108 valence electrons. The van der Waals surface area contributed by atoms with Crippen molar-refractivity contribution in [3.05, 3.63) is 30.3 Å². The highest BCUT2D eigenvalue weighted by atomic mass is 16.5. The lowest BCUT2D eigenvalue weighted by atomic mass is 10.1. The molecule has 1 atom stereocenters. The van der Waals surface area contributed by atoms with Crippen LogP contribution in [0.15, 0.2) is 30.3 Å². The van der Waals surface area contributed by atoms with Crippen molar-refractivity contribution in [2.45, 2.75) is 39.2 Å². The third kappa shape index (κ3) is 8.62. The molecule has 0 aliphatic heterocycles. The van der Waals surface area contributed by atoms with Crippen LogP contribution in [-0.2, 0) is 4.74 Å². The molecule has 1 unspecified atom stereocenters. The van der Waals surface area contributed by atoms with Crippen LogP contribution in [0.25, 0.3) is 0 Å². The SMILES string of the molecule is CC(C)CCOCCC(N)CCOc1ccccc1. The van der Waals surface area contributed by atoms with E-state index in [9.17, 15) is 0 Å². The largest absolute Gasteiger partial charge is 0.494 e. The number of para-hydroxylation sites is 1. The Hall–Kier alpha value is -1.06. The summed E-state index contributed by atoms with van der Waals surface area (Å²) < 4.78 is 11.2. The Morgan fingerprint density at radius 3 is 2.26 bits per heavy atom. The Kier molecular flexibility index (Phi) is 8.26. The Morgan fingerprint density at radius 1 is 0.947 bits per heavy atom. The van der Waals surface area contributed by atoms with Crippen LogP contribution in [0.1, 0.15) is 33.1 Å². The summed E-state index contributed by atoms with van der Waals surface area (Å²) >= 11 is 0. The van der Waals surface area contributed by atoms with Crippen LogP contribution in [0.3, 0.4) is 0 Å². The van der Waals surface area contributed by atoms with Crippen LogP contribution in [0.5, 0.6) is 5.75 Å². The molecule has 0 amide bonds. The first-order valence-electron chi connectivity index (χ1n) is 7.19. The van der Waals surface area contributed by atoms with Gasteiger partial charge in [0, 0.05) is 19.3 Å². The highest BCUT2D eigenvalue weighted by Gasteiger charge is 2.03. The lowest BCUT2D eigenvalue weighted by Gasteiger charge is -2.13. The van der Waals surface area contributed by atoms with Crippen molar-refractivity contribution in [1.82, 2.24) is 0 Å². The third-order valence-corrected chi connectivity index (χ3v) is 2.97. The molecule has 3 heteroatoms. The number of hydrogen-bond donors (Lipinski definition) is 1. The van der Waals surface area contributed by atoms with Gasteiger partial charge in [-0.1, -0.05) is 32.0 Å². The fourth-order valence-electron chi connectivity index (χ4n) is 1.65. The third-order valence-electron chi connectivity index (χ3n) is 2.97. The van der Waals surface area contributed by atoms with Crippen molar-refractivity contribution in [3.63, 3.8) is 0 Å². The van der Waals surface area contributed by atoms with Gasteiger partial charge in [0.2, 0.25) is 0 Å². The zero-order valence-corrected chi connectivity index (χ0v) is 12.2. The van der Waals surface area contributed by atoms with E-state index in [4.69, 9.17) is 15.2 Å². The van der Waals surface area contributed by atoms with Gasteiger partial charge in [0.1, 0.15) is 5.75 Å². The topological polar surface area (TPSA) is 44.5 Å². The van der Waals surface area contributed by atoms with Gasteiger partial charge in [-0.2, -0.15) is 0 Å². The molecule has 0 heterocycles. The van der Waals surface area contributed by atoms with Gasteiger partial charge in [0.25, 0.3) is 0 Å². The van der Waals surface area contributed by atoms with Crippen molar-refractivity contribution in [1.29, 1.82) is 0 Å². The molecule has 1 rings (SSSR count). The molecule has 2 N–H and O–H groups in total. The standard InChI is InChI=1S/C16H27NO2/c1-14(2)8-11-18-12-9-15(17)10-13-19-16-6-4-3-5-7-16/h3-7,14-15H,8-13,17H2,1-2H3. The Labute approximate surface area is 117 Å². The Balaban J connectivity index is 1.97. The average molecular weight is 265 g/mol. The number of hydrogen-bond acceptors (Lipinski definition) is 3. The predicted molar refractivity (Wildman–Crippen MR) is 79.4 cm³/mol. The summed E-state index contributed by atoms with van der Waals surface area (Å²) in [6.45, 7) is 6.66. The smallest absolute Gasteiger partial charge is 0.119 e. The van der Waals surface area contributed by atoms with Crippen LogP contribution in [0.4, 0.5) is 0 Å². The van der Waals surface area contributed by atoms with E-state index >= 15 is 0 Å². The van der Waals surface area contributed by atoms with E-state index in [1.165, 1.54) is 0 Å². The molecule has 0 saturated carbocycles. The first kappa shape index (κ1) is 16.0. The molecule has 0 fully saturated rings. The van der Waals surface area contributed by atoms with Crippen molar-refractivity contribution >= 4 is 0 Å². The molecule has 0 aliphatic carbocycles. The lowest BCUT2D eigenvalue weighted by Crippen LogP contribution is -2.24. The van der Waals surface area contributed by atoms with Gasteiger partial charge < -0.3 is 15.2 Å². The molecule has 0 saturated heterocycles. The molecule has 0 bridgehead atoms. The minimum atomic E-state index is 0.155. The fraction of sp³-hybridized carbons (Fsp3) is 0.625. The predicted octanol–water partition coefficient (Wildman–Crippen LogP) is 3.24. The summed E-state index contributed by atoms with van der Waals surface area (Å²) in [5, 5.41) is 0. The maximum atomic E-state index is 6.02. The maximum absolute atomic E-state index is 6.02. The second kappa shape index (κ2) is 9.82. The summed E-state index contributed by atoms with van der Waals surface area (Å²) in [5.41, 5.74) is 6.02. The van der Waals surface area contributed by atoms with Crippen molar-refractivity contribution in [3.8, 4) is 5.75 Å². The molecule has 0 aromatic heterocycles. The maximum Gasteiger partial charge on any atom is 0.119 e. The van der Waals surface area contributed by atoms with Crippen LogP contribution in [-0.4, -0.2) is 25.9 Å². The average Bonchev–Trinajstić information content (AvgIpc) is 2.39. The van der Waals surface area contributed by atoms with Crippen molar-refractivity contribution < 1.29 is 9.47 Å². The van der Waals surface area contributed by atoms with Crippen LogP contribution >= 0.6 is 0 Å². The summed E-state index contributed by atoms with van der Waals surface area (Å²) in [7, 11) is 0. The summed E-state index contributed by atoms with van der Waals surface area (Å²) in [4.78, 5) is 0. The monoisotopic (exact) mass is 265 g/mol. The highest BCUT2D eigenvalue weighted by molar-refractivity contribution is 5.20. The van der Waals surface area contributed by atoms with E-state index in [1.54, 1.807) is 0 Å². The molecule has 1 aromatic rings. The van der Waals surface area contributed by atoms with Gasteiger partial charge in [-0.15, -0.1) is 0 Å². The molecule has 0 radical (unpaired) electrons. The zero-order valence-electron chi connectivity index (χ0n) is 12.2. The van der Waals surface area contributed by atoms with Crippen molar-refractivity contribution in [2.75, 3.05) is 19.8 Å². The van der Waals surface area contributed by atoms with Gasteiger partial charge in [0.15, 0.2) is 0 Å². The highest BCUT2D eigenvalue weighted by Crippen LogP contribution is 2.09. The van der Waals surface area contributed by atoms with Crippen LogP contribution < -0.4 is 10.5 Å². The van der Waals surface area contributed by atoms with Gasteiger partial charge in [-0.25, -0.2) is 0 Å². The van der Waals surface area contributed by atoms with E-state index in [-0.39, 0.29) is 6.04 Å². The van der Waals surface area contributed by atoms with Crippen LogP contribution in [0.2, 0.25) is 0 Å². The first-order valence-corrected chi connectivity index (χ1v) is 7.19. The first-order chi connectivity index (χ1) is 9.18. The summed E-state index contributed by atoms with van der Waals surface area (Å²) in [5.74, 6) is 1.61. The van der Waals surface area contributed by atoms with E-state index in [0.717, 1.165) is 38.2 Å². The Bertz CT molecular complexity index is 314. The van der Waals surface area contributed by atoms with Gasteiger partial charge in [0.05, 0.1) is 6.61 Å². The molecular formula is C16H27NO2. The number of ether oxygens (including phenoxy) is 2. The Morgan fingerprint density at radius 2 is 1.58 bits per heavy atom. The quantitative estimate of drug-likeness (QED) is 0.661. The molecule has 0 spiro atoms. The number of benzene rings is 1. The summed E-state index contributed by atoms with van der Waals surface area (Å²) in [6.07, 6.45) is 2.88. The summed E-state index contributed by atoms with van der Waals surface area (Å²) in [6, 6.07) is 9.99. The minimum absolute atomic E-state index is 0.155. The number of rotatable bonds is 10. The molecule has 1 aromatic carbocycles. The normalized spacial score (nSPS) is 12.6. The second-order valence-electron chi connectivity index (χ2n) is 5.29. The minimum Gasteiger partial charge on any atom is -0.494 e. The van der Waals surface area contributed by atoms with Crippen molar-refractivity contribution in [2.24, 2.45) is 11.7 Å². The number of nitrogens with two attached hydrogens (primary N) is 1. The van der Waals surface area contributed by atoms with E-state index in [2.05, 4.69) is 13.8 Å². The van der Waals surface area contributed by atoms with Gasteiger partial charge in [-0.3, -0.25) is 0 Å². The van der Waals surface area contributed by atoms with Gasteiger partial charge >= 0.3 is 0 Å². The molecule has 19 heavy (non-hydrogen) atoms.